The molecular formula is C6H6N4O3. The maximum absolute atomic E-state index is 11.2. The summed E-state index contributed by atoms with van der Waals surface area (Å²) >= 11 is 0. The maximum atomic E-state index is 11.2. The highest BCUT2D eigenvalue weighted by atomic mass is 16.3. The van der Waals surface area contributed by atoms with Crippen molar-refractivity contribution >= 4 is 17.8 Å². The Labute approximate surface area is 72.5 Å². The van der Waals surface area contributed by atoms with Crippen molar-refractivity contribution in [2.24, 2.45) is 4.99 Å². The first-order chi connectivity index (χ1) is 6.13. The van der Waals surface area contributed by atoms with Crippen LogP contribution < -0.4 is 16.0 Å². The summed E-state index contributed by atoms with van der Waals surface area (Å²) in [5, 5.41) is 16.1. The smallest absolute Gasteiger partial charge is 0.327 e. The summed E-state index contributed by atoms with van der Waals surface area (Å²) in [6.45, 7) is 0. The van der Waals surface area contributed by atoms with Crippen molar-refractivity contribution in [3.8, 4) is 0 Å². The molecule has 0 radical (unpaired) electrons. The Morgan fingerprint density at radius 1 is 1.38 bits per heavy atom. The van der Waals surface area contributed by atoms with Crippen LogP contribution in [0.5, 0.6) is 0 Å². The molecule has 2 aliphatic rings. The second-order valence-corrected chi connectivity index (χ2v) is 2.56. The van der Waals surface area contributed by atoms with E-state index >= 15 is 0 Å². The second kappa shape index (κ2) is 2.30. The molecule has 2 rings (SSSR count). The van der Waals surface area contributed by atoms with E-state index in [1.165, 1.54) is 12.4 Å². The zero-order valence-corrected chi connectivity index (χ0v) is 6.37. The quantitative estimate of drug-likeness (QED) is 0.347. The number of aliphatic hydroxyl groups is 1. The van der Waals surface area contributed by atoms with Gasteiger partial charge in [-0.25, -0.2) is 9.79 Å². The zero-order chi connectivity index (χ0) is 9.47. The lowest BCUT2D eigenvalue weighted by atomic mass is 10.1. The van der Waals surface area contributed by atoms with Crippen molar-refractivity contribution in [2.45, 2.75) is 5.72 Å². The van der Waals surface area contributed by atoms with Crippen LogP contribution in [-0.2, 0) is 4.79 Å². The van der Waals surface area contributed by atoms with E-state index in [0.717, 1.165) is 0 Å². The Bertz CT molecular complexity index is 348. The van der Waals surface area contributed by atoms with Gasteiger partial charge in [0.2, 0.25) is 0 Å². The number of nitrogens with one attached hydrogen (secondary N) is 3. The molecule has 0 spiro atoms. The normalized spacial score (nSPS) is 31.0. The molecule has 4 N–H and O–H groups in total. The number of carbonyl (C=O) groups excluding carboxylic acids is 2. The van der Waals surface area contributed by atoms with E-state index in [9.17, 15) is 14.7 Å². The Hall–Kier alpha value is -1.89. The molecule has 0 bridgehead atoms. The van der Waals surface area contributed by atoms with Crippen LogP contribution >= 0.6 is 0 Å². The Morgan fingerprint density at radius 3 is 2.92 bits per heavy atom. The minimum atomic E-state index is -1.96. The Balaban J connectivity index is 2.42. The first-order valence-electron chi connectivity index (χ1n) is 3.49. The Kier molecular flexibility index (Phi) is 1.37. The standard InChI is InChI=1S/C6H6N4O3/c11-4-6(13)3(7-1-2-8-6)9-5(12)10-4/h1-2,8,13H,(H2,7,9,10,11,12). The number of imide groups is 1. The van der Waals surface area contributed by atoms with Gasteiger partial charge in [-0.05, 0) is 0 Å². The summed E-state index contributed by atoms with van der Waals surface area (Å²) in [7, 11) is 0. The number of rotatable bonds is 0. The van der Waals surface area contributed by atoms with Gasteiger partial charge in [0.1, 0.15) is 0 Å². The monoisotopic (exact) mass is 182 g/mol. The van der Waals surface area contributed by atoms with Gasteiger partial charge >= 0.3 is 6.03 Å². The molecule has 0 aromatic carbocycles. The third-order valence-electron chi connectivity index (χ3n) is 1.70. The summed E-state index contributed by atoms with van der Waals surface area (Å²) < 4.78 is 0. The number of carbonyl (C=O) groups is 2. The van der Waals surface area contributed by atoms with E-state index < -0.39 is 17.7 Å². The van der Waals surface area contributed by atoms with Crippen molar-refractivity contribution in [1.82, 2.24) is 16.0 Å². The average molecular weight is 182 g/mol. The minimum Gasteiger partial charge on any atom is -0.357 e. The van der Waals surface area contributed by atoms with Crippen LogP contribution in [0, 0.1) is 0 Å². The fraction of sp³-hybridized carbons (Fsp3) is 0.167. The topological polar surface area (TPSA) is 103 Å². The summed E-state index contributed by atoms with van der Waals surface area (Å²) in [6.07, 6.45) is 2.63. The molecule has 7 nitrogen and oxygen atoms in total. The number of urea groups is 1. The summed E-state index contributed by atoms with van der Waals surface area (Å²) in [5.74, 6) is -0.969. The van der Waals surface area contributed by atoms with E-state index in [1.54, 1.807) is 0 Å². The number of hydrogen-bond acceptors (Lipinski definition) is 5. The van der Waals surface area contributed by atoms with E-state index in [1.807, 2.05) is 5.32 Å². The van der Waals surface area contributed by atoms with Crippen molar-refractivity contribution in [3.05, 3.63) is 12.4 Å². The van der Waals surface area contributed by atoms with E-state index in [-0.39, 0.29) is 5.84 Å². The zero-order valence-electron chi connectivity index (χ0n) is 6.37. The lowest BCUT2D eigenvalue weighted by Gasteiger charge is -2.33. The predicted octanol–water partition coefficient (Wildman–Crippen LogP) is -2.01. The van der Waals surface area contributed by atoms with Gasteiger partial charge in [0.15, 0.2) is 5.84 Å². The molecule has 7 heteroatoms. The first kappa shape index (κ1) is 7.74. The fourth-order valence-corrected chi connectivity index (χ4v) is 1.06. The molecule has 1 fully saturated rings. The van der Waals surface area contributed by atoms with E-state index in [0.29, 0.717) is 0 Å². The van der Waals surface area contributed by atoms with Crippen LogP contribution in [-0.4, -0.2) is 28.6 Å². The van der Waals surface area contributed by atoms with Gasteiger partial charge in [0.05, 0.1) is 0 Å². The largest absolute Gasteiger partial charge is 0.357 e. The molecule has 68 valence electrons. The van der Waals surface area contributed by atoms with Crippen LogP contribution in [0.4, 0.5) is 4.79 Å². The summed E-state index contributed by atoms with van der Waals surface area (Å²) in [5.41, 5.74) is -1.96. The molecule has 1 saturated heterocycles. The van der Waals surface area contributed by atoms with Gasteiger partial charge in [-0.3, -0.25) is 15.4 Å². The lowest BCUT2D eigenvalue weighted by molar-refractivity contribution is -0.134. The SMILES string of the molecule is O=C1NC(=O)C2(O)NC=CN=C2N1. The molecule has 0 aliphatic carbocycles. The number of aliphatic imine (C=N–C) groups is 1. The van der Waals surface area contributed by atoms with Gasteiger partial charge in [-0.2, -0.15) is 0 Å². The molecule has 1 unspecified atom stereocenters. The summed E-state index contributed by atoms with van der Waals surface area (Å²) in [6, 6.07) is -0.703. The van der Waals surface area contributed by atoms with Crippen molar-refractivity contribution < 1.29 is 14.7 Å². The molecule has 1 atom stereocenters. The molecule has 3 amide bonds. The van der Waals surface area contributed by atoms with Crippen LogP contribution in [0.1, 0.15) is 0 Å². The molecule has 13 heavy (non-hydrogen) atoms. The highest BCUT2D eigenvalue weighted by Crippen LogP contribution is 2.09. The van der Waals surface area contributed by atoms with Gasteiger partial charge in [-0.15, -0.1) is 0 Å². The van der Waals surface area contributed by atoms with Gasteiger partial charge in [0.25, 0.3) is 11.6 Å². The average Bonchev–Trinajstić information content (AvgIpc) is 2.07. The first-order valence-corrected chi connectivity index (χ1v) is 3.49. The molecule has 2 heterocycles. The van der Waals surface area contributed by atoms with Crippen molar-refractivity contribution in [1.29, 1.82) is 0 Å². The number of amidine groups is 1. The van der Waals surface area contributed by atoms with E-state index in [4.69, 9.17) is 0 Å². The van der Waals surface area contributed by atoms with Crippen LogP contribution in [0.3, 0.4) is 0 Å². The maximum Gasteiger partial charge on any atom is 0.327 e. The van der Waals surface area contributed by atoms with Crippen LogP contribution in [0.15, 0.2) is 17.4 Å². The van der Waals surface area contributed by atoms with E-state index in [2.05, 4.69) is 15.6 Å². The number of fused-ring (bicyclic) bond motifs is 1. The number of amides is 3. The minimum absolute atomic E-state index is 0.122. The number of hydrogen-bond donors (Lipinski definition) is 4. The van der Waals surface area contributed by atoms with Crippen molar-refractivity contribution in [3.63, 3.8) is 0 Å². The summed E-state index contributed by atoms with van der Waals surface area (Å²) in [4.78, 5) is 25.6. The molecule has 2 aliphatic heterocycles. The van der Waals surface area contributed by atoms with Crippen molar-refractivity contribution in [2.75, 3.05) is 0 Å². The fourth-order valence-electron chi connectivity index (χ4n) is 1.06. The van der Waals surface area contributed by atoms with Crippen LogP contribution in [0.25, 0.3) is 0 Å². The second-order valence-electron chi connectivity index (χ2n) is 2.56. The van der Waals surface area contributed by atoms with Gasteiger partial charge < -0.3 is 10.4 Å². The van der Waals surface area contributed by atoms with Crippen LogP contribution in [0.2, 0.25) is 0 Å². The van der Waals surface area contributed by atoms with Gasteiger partial charge in [-0.1, -0.05) is 0 Å². The highest BCUT2D eigenvalue weighted by Gasteiger charge is 2.47. The molecule has 0 saturated carbocycles. The predicted molar refractivity (Wildman–Crippen MR) is 41.3 cm³/mol. The Morgan fingerprint density at radius 2 is 2.15 bits per heavy atom. The third kappa shape index (κ3) is 0.975. The molecular weight excluding hydrogens is 176 g/mol. The highest BCUT2D eigenvalue weighted by molar-refractivity contribution is 6.23. The molecule has 0 aromatic rings. The third-order valence-corrected chi connectivity index (χ3v) is 1.70. The van der Waals surface area contributed by atoms with Gasteiger partial charge in [0, 0.05) is 12.4 Å². The molecule has 0 aromatic heterocycles. The lowest BCUT2D eigenvalue weighted by Crippen LogP contribution is -2.72. The number of nitrogens with zero attached hydrogens (tertiary/aromatic N) is 1.